The maximum atomic E-state index is 12.8. The molecule has 0 radical (unpaired) electrons. The molecular formula is C26H34N4O3S. The van der Waals surface area contributed by atoms with Crippen LogP contribution in [0.4, 0.5) is 0 Å². The van der Waals surface area contributed by atoms with Crippen LogP contribution in [0.2, 0.25) is 0 Å². The second-order valence-electron chi connectivity index (χ2n) is 8.47. The quantitative estimate of drug-likeness (QED) is 0.342. The van der Waals surface area contributed by atoms with E-state index >= 15 is 0 Å². The number of carbonyl (C=O) groups is 1. The molecule has 0 saturated carbocycles. The molecule has 182 valence electrons. The molecular weight excluding hydrogens is 448 g/mol. The number of ether oxygens (including phenoxy) is 2. The summed E-state index contributed by atoms with van der Waals surface area (Å²) in [5.74, 6) is 1.87. The molecule has 1 aromatic heterocycles. The van der Waals surface area contributed by atoms with Crippen molar-refractivity contribution in [1.82, 2.24) is 19.7 Å². The summed E-state index contributed by atoms with van der Waals surface area (Å²) >= 11 is 1.40. The third-order valence-electron chi connectivity index (χ3n) is 5.37. The van der Waals surface area contributed by atoms with Crippen molar-refractivity contribution in [2.75, 3.05) is 19.5 Å². The number of hydrogen-bond donors (Lipinski definition) is 0. The molecule has 0 unspecified atom stereocenters. The van der Waals surface area contributed by atoms with Crippen LogP contribution in [-0.2, 0) is 22.7 Å². The van der Waals surface area contributed by atoms with Gasteiger partial charge in [0.1, 0.15) is 12.4 Å². The van der Waals surface area contributed by atoms with Crippen molar-refractivity contribution in [3.05, 3.63) is 60.4 Å². The average Bonchev–Trinajstić information content (AvgIpc) is 3.21. The fourth-order valence-electron chi connectivity index (χ4n) is 3.90. The van der Waals surface area contributed by atoms with Crippen LogP contribution in [0.3, 0.4) is 0 Å². The van der Waals surface area contributed by atoms with Gasteiger partial charge < -0.3 is 18.9 Å². The van der Waals surface area contributed by atoms with Crippen molar-refractivity contribution in [3.8, 4) is 16.9 Å². The highest BCUT2D eigenvalue weighted by molar-refractivity contribution is 7.99. The summed E-state index contributed by atoms with van der Waals surface area (Å²) in [7, 11) is 1.66. The van der Waals surface area contributed by atoms with Gasteiger partial charge in [0.2, 0.25) is 5.91 Å². The molecule has 0 fully saturated rings. The maximum Gasteiger partial charge on any atom is 0.233 e. The smallest absolute Gasteiger partial charge is 0.233 e. The number of aromatic nitrogens is 3. The number of hydrogen-bond acceptors (Lipinski definition) is 6. The second-order valence-corrected chi connectivity index (χ2v) is 9.41. The van der Waals surface area contributed by atoms with Crippen molar-refractivity contribution in [2.45, 2.75) is 58.1 Å². The van der Waals surface area contributed by atoms with E-state index in [1.165, 1.54) is 11.8 Å². The summed E-state index contributed by atoms with van der Waals surface area (Å²) in [6.07, 6.45) is 0. The van der Waals surface area contributed by atoms with Gasteiger partial charge >= 0.3 is 0 Å². The Morgan fingerprint density at radius 1 is 1.00 bits per heavy atom. The molecule has 0 bridgehead atoms. The zero-order valence-electron chi connectivity index (χ0n) is 20.6. The lowest BCUT2D eigenvalue weighted by Crippen LogP contribution is -2.43. The molecule has 3 rings (SSSR count). The standard InChI is InChI=1S/C26H34N4O3S/c1-19(2)30(20(3)4)25(31)18-34-26-28-27-24(29(26)15-16-32-5)17-33-23-14-10-9-13-22(23)21-11-7-6-8-12-21/h6-14,19-20H,15-18H2,1-5H3. The Hall–Kier alpha value is -2.84. The number of para-hydroxylation sites is 1. The van der Waals surface area contributed by atoms with E-state index in [9.17, 15) is 4.79 Å². The normalized spacial score (nSPS) is 11.3. The highest BCUT2D eigenvalue weighted by Gasteiger charge is 2.22. The van der Waals surface area contributed by atoms with Gasteiger partial charge in [-0.25, -0.2) is 0 Å². The minimum Gasteiger partial charge on any atom is -0.485 e. The maximum absolute atomic E-state index is 12.8. The lowest BCUT2D eigenvalue weighted by Gasteiger charge is -2.30. The zero-order chi connectivity index (χ0) is 24.5. The lowest BCUT2D eigenvalue weighted by atomic mass is 10.1. The van der Waals surface area contributed by atoms with Crippen LogP contribution in [0.1, 0.15) is 33.5 Å². The fourth-order valence-corrected chi connectivity index (χ4v) is 4.76. The van der Waals surface area contributed by atoms with Gasteiger partial charge in [-0.3, -0.25) is 4.79 Å². The summed E-state index contributed by atoms with van der Waals surface area (Å²) in [6.45, 7) is 9.49. The Kier molecular flexibility index (Phi) is 9.53. The SMILES string of the molecule is COCCn1c(COc2ccccc2-c2ccccc2)nnc1SCC(=O)N(C(C)C)C(C)C. The number of benzene rings is 2. The van der Waals surface area contributed by atoms with Gasteiger partial charge in [0.15, 0.2) is 11.0 Å². The predicted octanol–water partition coefficient (Wildman–Crippen LogP) is 4.91. The highest BCUT2D eigenvalue weighted by atomic mass is 32.2. The van der Waals surface area contributed by atoms with Crippen molar-refractivity contribution in [2.24, 2.45) is 0 Å². The van der Waals surface area contributed by atoms with Gasteiger partial charge in [-0.05, 0) is 39.3 Å². The Labute approximate surface area is 206 Å². The number of thioether (sulfide) groups is 1. The first-order valence-corrected chi connectivity index (χ1v) is 12.5. The fraction of sp³-hybridized carbons (Fsp3) is 0.423. The minimum atomic E-state index is 0.0888. The van der Waals surface area contributed by atoms with E-state index in [1.54, 1.807) is 7.11 Å². The third-order valence-corrected chi connectivity index (χ3v) is 6.32. The first-order chi connectivity index (χ1) is 16.4. The number of nitrogens with zero attached hydrogens (tertiary/aromatic N) is 4. The topological polar surface area (TPSA) is 69.5 Å². The Morgan fingerprint density at radius 3 is 2.35 bits per heavy atom. The number of carbonyl (C=O) groups excluding carboxylic acids is 1. The van der Waals surface area contributed by atoms with E-state index < -0.39 is 0 Å². The van der Waals surface area contributed by atoms with E-state index in [0.717, 1.165) is 16.9 Å². The summed E-state index contributed by atoms with van der Waals surface area (Å²) in [4.78, 5) is 14.7. The van der Waals surface area contributed by atoms with Gasteiger partial charge in [0.25, 0.3) is 0 Å². The molecule has 8 heteroatoms. The van der Waals surface area contributed by atoms with E-state index in [1.807, 2.05) is 79.6 Å². The van der Waals surface area contributed by atoms with E-state index in [-0.39, 0.29) is 24.6 Å². The van der Waals surface area contributed by atoms with Crippen molar-refractivity contribution in [1.29, 1.82) is 0 Å². The monoisotopic (exact) mass is 482 g/mol. The van der Waals surface area contributed by atoms with Crippen LogP contribution in [0.15, 0.2) is 59.8 Å². The average molecular weight is 483 g/mol. The van der Waals surface area contributed by atoms with Crippen LogP contribution in [-0.4, -0.2) is 57.1 Å². The van der Waals surface area contributed by atoms with Crippen molar-refractivity contribution < 1.29 is 14.3 Å². The Morgan fingerprint density at radius 2 is 1.68 bits per heavy atom. The second kappa shape index (κ2) is 12.6. The Bertz CT molecular complexity index is 1050. The molecule has 0 aliphatic rings. The molecule has 0 saturated heterocycles. The van der Waals surface area contributed by atoms with E-state index in [0.29, 0.717) is 29.9 Å². The van der Waals surface area contributed by atoms with Gasteiger partial charge in [-0.15, -0.1) is 10.2 Å². The number of rotatable bonds is 12. The molecule has 1 amide bonds. The zero-order valence-corrected chi connectivity index (χ0v) is 21.4. The first kappa shape index (κ1) is 25.8. The van der Waals surface area contributed by atoms with Crippen LogP contribution < -0.4 is 4.74 Å². The van der Waals surface area contributed by atoms with Crippen LogP contribution >= 0.6 is 11.8 Å². The lowest BCUT2D eigenvalue weighted by molar-refractivity contribution is -0.131. The predicted molar refractivity (Wildman–Crippen MR) is 136 cm³/mol. The number of methoxy groups -OCH3 is 1. The third kappa shape index (κ3) is 6.61. The van der Waals surface area contributed by atoms with E-state index in [2.05, 4.69) is 22.3 Å². The summed E-state index contributed by atoms with van der Waals surface area (Å²) in [6, 6.07) is 18.4. The largest absolute Gasteiger partial charge is 0.485 e. The molecule has 7 nitrogen and oxygen atoms in total. The van der Waals surface area contributed by atoms with E-state index in [4.69, 9.17) is 9.47 Å². The molecule has 2 aromatic carbocycles. The molecule has 1 heterocycles. The van der Waals surface area contributed by atoms with Crippen LogP contribution in [0.25, 0.3) is 11.1 Å². The Balaban J connectivity index is 1.74. The molecule has 3 aromatic rings. The molecule has 34 heavy (non-hydrogen) atoms. The van der Waals surface area contributed by atoms with Crippen LogP contribution in [0.5, 0.6) is 5.75 Å². The summed E-state index contributed by atoms with van der Waals surface area (Å²) in [5, 5.41) is 9.41. The summed E-state index contributed by atoms with van der Waals surface area (Å²) < 4.78 is 13.5. The molecule has 0 aliphatic carbocycles. The van der Waals surface area contributed by atoms with Crippen molar-refractivity contribution in [3.63, 3.8) is 0 Å². The van der Waals surface area contributed by atoms with Gasteiger partial charge in [0.05, 0.1) is 12.4 Å². The minimum absolute atomic E-state index is 0.0888. The van der Waals surface area contributed by atoms with Crippen LogP contribution in [0, 0.1) is 0 Å². The molecule has 0 spiro atoms. The van der Waals surface area contributed by atoms with Gasteiger partial charge in [-0.1, -0.05) is 60.3 Å². The molecule has 0 aliphatic heterocycles. The molecule has 0 atom stereocenters. The van der Waals surface area contributed by atoms with Crippen molar-refractivity contribution >= 4 is 17.7 Å². The number of amides is 1. The first-order valence-electron chi connectivity index (χ1n) is 11.5. The van der Waals surface area contributed by atoms with Gasteiger partial charge in [-0.2, -0.15) is 0 Å². The molecule has 0 N–H and O–H groups in total. The highest BCUT2D eigenvalue weighted by Crippen LogP contribution is 2.30. The summed E-state index contributed by atoms with van der Waals surface area (Å²) in [5.41, 5.74) is 2.11. The van der Waals surface area contributed by atoms with Gasteiger partial charge in [0, 0.05) is 31.3 Å².